The Labute approximate surface area is 135 Å². The van der Waals surface area contributed by atoms with Crippen molar-refractivity contribution in [3.8, 4) is 0 Å². The summed E-state index contributed by atoms with van der Waals surface area (Å²) in [6, 6.07) is 10.7. The van der Waals surface area contributed by atoms with E-state index < -0.39 is 11.6 Å². The topological polar surface area (TPSA) is 75.4 Å². The molecule has 2 aromatic heterocycles. The van der Waals surface area contributed by atoms with Crippen molar-refractivity contribution in [2.75, 3.05) is 0 Å². The van der Waals surface area contributed by atoms with Crippen molar-refractivity contribution in [3.05, 3.63) is 53.4 Å². The number of carbonyl (C=O) groups excluding carboxylic acids is 2. The minimum Gasteiger partial charge on any atom is -0.466 e. The quantitative estimate of drug-likeness (QED) is 0.751. The number of rotatable bonds is 3. The number of nitrogens with one attached hydrogen (secondary N) is 1. The summed E-state index contributed by atoms with van der Waals surface area (Å²) < 4.78 is 6.34. The molecule has 1 unspecified atom stereocenters. The Morgan fingerprint density at radius 2 is 2.09 bits per heavy atom. The highest BCUT2D eigenvalue weighted by Gasteiger charge is 2.51. The molecule has 1 aliphatic rings. The van der Waals surface area contributed by atoms with Gasteiger partial charge in [-0.2, -0.15) is 0 Å². The normalized spacial score (nSPS) is 21.2. The zero-order valence-electron chi connectivity index (χ0n) is 12.3. The van der Waals surface area contributed by atoms with E-state index >= 15 is 0 Å². The van der Waals surface area contributed by atoms with Gasteiger partial charge in [0, 0.05) is 0 Å². The molecule has 4 rings (SSSR count). The Hall–Kier alpha value is -2.67. The number of carbonyl (C=O) groups is 2. The van der Waals surface area contributed by atoms with E-state index in [0.29, 0.717) is 5.76 Å². The van der Waals surface area contributed by atoms with Crippen LogP contribution < -0.4 is 5.32 Å². The molecule has 1 aromatic carbocycles. The first kappa shape index (κ1) is 14.0. The molecule has 0 aliphatic carbocycles. The zero-order chi connectivity index (χ0) is 16.0. The molecule has 1 atom stereocenters. The van der Waals surface area contributed by atoms with Crippen LogP contribution >= 0.6 is 11.3 Å². The molecule has 23 heavy (non-hydrogen) atoms. The molecular weight excluding hydrogens is 314 g/mol. The highest BCUT2D eigenvalue weighted by atomic mass is 32.1. The Kier molecular flexibility index (Phi) is 2.99. The first-order valence-corrected chi connectivity index (χ1v) is 7.92. The van der Waals surface area contributed by atoms with Crippen LogP contribution in [0.15, 0.2) is 47.1 Å². The summed E-state index contributed by atoms with van der Waals surface area (Å²) in [6.07, 6.45) is 1.48. The highest BCUT2D eigenvalue weighted by Crippen LogP contribution is 2.31. The number of para-hydroxylation sites is 1. The number of aromatic nitrogens is 1. The predicted octanol–water partition coefficient (Wildman–Crippen LogP) is 2.86. The Bertz CT molecular complexity index is 869. The molecular formula is C16H13N3O3S. The lowest BCUT2D eigenvalue weighted by atomic mass is 9.99. The van der Waals surface area contributed by atoms with Crippen LogP contribution in [0.3, 0.4) is 0 Å². The molecule has 3 aromatic rings. The van der Waals surface area contributed by atoms with Gasteiger partial charge in [-0.25, -0.2) is 9.78 Å². The summed E-state index contributed by atoms with van der Waals surface area (Å²) >= 11 is 1.48. The van der Waals surface area contributed by atoms with Crippen LogP contribution in [-0.2, 0) is 16.9 Å². The van der Waals surface area contributed by atoms with Crippen molar-refractivity contribution in [3.63, 3.8) is 0 Å². The number of thiazole rings is 1. The number of amides is 3. The van der Waals surface area contributed by atoms with E-state index in [1.807, 2.05) is 24.3 Å². The first-order chi connectivity index (χ1) is 11.1. The molecule has 3 amide bonds. The van der Waals surface area contributed by atoms with E-state index in [1.54, 1.807) is 19.1 Å². The van der Waals surface area contributed by atoms with E-state index in [1.165, 1.54) is 22.5 Å². The number of fused-ring (bicyclic) bond motifs is 1. The molecule has 6 nitrogen and oxygen atoms in total. The van der Waals surface area contributed by atoms with Crippen LogP contribution in [0.1, 0.15) is 17.7 Å². The number of imide groups is 1. The highest BCUT2D eigenvalue weighted by molar-refractivity contribution is 7.18. The molecule has 0 saturated carbocycles. The van der Waals surface area contributed by atoms with Gasteiger partial charge in [-0.3, -0.25) is 9.69 Å². The second kappa shape index (κ2) is 4.92. The first-order valence-electron chi connectivity index (χ1n) is 7.10. The van der Waals surface area contributed by atoms with Gasteiger partial charge >= 0.3 is 6.03 Å². The summed E-state index contributed by atoms with van der Waals surface area (Å²) in [5, 5.41) is 3.43. The predicted molar refractivity (Wildman–Crippen MR) is 84.8 cm³/mol. The Morgan fingerprint density at radius 1 is 1.26 bits per heavy atom. The van der Waals surface area contributed by atoms with E-state index in [-0.39, 0.29) is 12.5 Å². The van der Waals surface area contributed by atoms with Crippen LogP contribution in [0.5, 0.6) is 0 Å². The van der Waals surface area contributed by atoms with Crippen molar-refractivity contribution in [2.45, 2.75) is 19.0 Å². The smallest absolute Gasteiger partial charge is 0.325 e. The van der Waals surface area contributed by atoms with Crippen molar-refractivity contribution < 1.29 is 14.0 Å². The van der Waals surface area contributed by atoms with Crippen LogP contribution in [0.2, 0.25) is 0 Å². The van der Waals surface area contributed by atoms with Gasteiger partial charge in [0.05, 0.1) is 23.0 Å². The van der Waals surface area contributed by atoms with E-state index in [4.69, 9.17) is 4.42 Å². The standard InChI is InChI=1S/C16H13N3O3S/c1-16(12-7-4-8-22-12)14(20)19(15(21)18-16)9-13-17-10-5-2-3-6-11(10)23-13/h2-8H,9H2,1H3,(H,18,21). The van der Waals surface area contributed by atoms with Crippen molar-refractivity contribution in [1.29, 1.82) is 0 Å². The van der Waals surface area contributed by atoms with Crippen molar-refractivity contribution in [1.82, 2.24) is 15.2 Å². The van der Waals surface area contributed by atoms with Crippen LogP contribution in [0, 0.1) is 0 Å². The summed E-state index contributed by atoms with van der Waals surface area (Å²) in [6.45, 7) is 1.80. The van der Waals surface area contributed by atoms with Crippen LogP contribution in [-0.4, -0.2) is 21.8 Å². The number of benzene rings is 1. The third-order valence-corrected chi connectivity index (χ3v) is 4.94. The third-order valence-electron chi connectivity index (χ3n) is 3.92. The van der Waals surface area contributed by atoms with Crippen LogP contribution in [0.4, 0.5) is 4.79 Å². The molecule has 0 radical (unpaired) electrons. The number of nitrogens with zero attached hydrogens (tertiary/aromatic N) is 2. The summed E-state index contributed by atoms with van der Waals surface area (Å²) in [4.78, 5) is 30.6. The Balaban J connectivity index is 1.64. The van der Waals surface area contributed by atoms with Crippen molar-refractivity contribution in [2.24, 2.45) is 0 Å². The zero-order valence-corrected chi connectivity index (χ0v) is 13.1. The average Bonchev–Trinajstić information content (AvgIpc) is 3.23. The SMILES string of the molecule is CC1(c2ccco2)NC(=O)N(Cc2nc3ccccc3s2)C1=O. The molecule has 1 aliphatic heterocycles. The maximum atomic E-state index is 12.7. The van der Waals surface area contributed by atoms with Gasteiger partial charge < -0.3 is 9.73 Å². The van der Waals surface area contributed by atoms with Gasteiger partial charge in [-0.05, 0) is 31.2 Å². The number of hydrogen-bond donors (Lipinski definition) is 1. The fourth-order valence-electron chi connectivity index (χ4n) is 2.69. The van der Waals surface area contributed by atoms with Gasteiger partial charge in [0.25, 0.3) is 5.91 Å². The second-order valence-corrected chi connectivity index (χ2v) is 6.61. The van der Waals surface area contributed by atoms with E-state index in [0.717, 1.165) is 15.2 Å². The molecule has 0 bridgehead atoms. The monoisotopic (exact) mass is 327 g/mol. The lowest BCUT2D eigenvalue weighted by molar-refractivity contribution is -0.132. The largest absolute Gasteiger partial charge is 0.466 e. The number of hydrogen-bond acceptors (Lipinski definition) is 5. The Morgan fingerprint density at radius 3 is 2.83 bits per heavy atom. The van der Waals surface area contributed by atoms with Gasteiger partial charge in [0.15, 0.2) is 5.54 Å². The molecule has 116 valence electrons. The molecule has 1 fully saturated rings. The summed E-state index contributed by atoms with van der Waals surface area (Å²) in [7, 11) is 0. The fourth-order valence-corrected chi connectivity index (χ4v) is 3.65. The minimum atomic E-state index is -1.17. The average molecular weight is 327 g/mol. The van der Waals surface area contributed by atoms with Crippen molar-refractivity contribution >= 4 is 33.5 Å². The minimum absolute atomic E-state index is 0.153. The molecule has 1 N–H and O–H groups in total. The maximum Gasteiger partial charge on any atom is 0.325 e. The number of urea groups is 1. The molecule has 7 heteroatoms. The third kappa shape index (κ3) is 2.12. The molecule has 3 heterocycles. The van der Waals surface area contributed by atoms with Gasteiger partial charge in [-0.1, -0.05) is 12.1 Å². The number of furan rings is 1. The summed E-state index contributed by atoms with van der Waals surface area (Å²) in [5.41, 5.74) is -0.301. The lowest BCUT2D eigenvalue weighted by Crippen LogP contribution is -2.40. The summed E-state index contributed by atoms with van der Waals surface area (Å²) in [5.74, 6) is 0.0827. The van der Waals surface area contributed by atoms with Crippen LogP contribution in [0.25, 0.3) is 10.2 Å². The molecule has 0 spiro atoms. The fraction of sp³-hybridized carbons (Fsp3) is 0.188. The van der Waals surface area contributed by atoms with E-state index in [9.17, 15) is 9.59 Å². The van der Waals surface area contributed by atoms with Gasteiger partial charge in [-0.15, -0.1) is 11.3 Å². The van der Waals surface area contributed by atoms with Gasteiger partial charge in [0.1, 0.15) is 10.8 Å². The molecule has 1 saturated heterocycles. The maximum absolute atomic E-state index is 12.7. The van der Waals surface area contributed by atoms with Gasteiger partial charge in [0.2, 0.25) is 0 Å². The lowest BCUT2D eigenvalue weighted by Gasteiger charge is -2.18. The second-order valence-electron chi connectivity index (χ2n) is 5.50. The van der Waals surface area contributed by atoms with E-state index in [2.05, 4.69) is 10.3 Å².